The molecule has 9 nitrogen and oxygen atoms in total. The molecule has 208 valence electrons. The third-order valence-electron chi connectivity index (χ3n) is 6.84. The standard InChI is InChI=1S/C29H19Cl2F2N9/c1-40-29(19(11-34)13-36-40)20-14-37-41(15-20)25(10-17-2-5-21(32)6-3-17)23-8-4-18(12-35-23)27-24(9-7-22(30)28(27)33)42-16-26(31)38-39-42/h2-9,12-16,25H,10H2,1H3/p+1/t25-/m0/s1. The van der Waals surface area contributed by atoms with Crippen LogP contribution in [0.5, 0.6) is 0 Å². The third kappa shape index (κ3) is 5.13. The van der Waals surface area contributed by atoms with Crippen LogP contribution in [-0.4, -0.2) is 34.9 Å². The van der Waals surface area contributed by atoms with Crippen LogP contribution in [0, 0.1) is 23.0 Å². The largest absolute Gasteiger partial charge is 0.308 e. The highest BCUT2D eigenvalue weighted by Crippen LogP contribution is 2.33. The van der Waals surface area contributed by atoms with Gasteiger partial charge in [-0.3, -0.25) is 14.3 Å². The number of aromatic amines is 1. The van der Waals surface area contributed by atoms with Gasteiger partial charge in [0.1, 0.15) is 11.9 Å². The summed E-state index contributed by atoms with van der Waals surface area (Å²) in [5.74, 6) is -0.957. The molecule has 0 radical (unpaired) electrons. The quantitative estimate of drug-likeness (QED) is 0.238. The Morgan fingerprint density at radius 2 is 1.81 bits per heavy atom. The van der Waals surface area contributed by atoms with E-state index in [9.17, 15) is 9.65 Å². The fourth-order valence-electron chi connectivity index (χ4n) is 4.83. The minimum Gasteiger partial charge on any atom is -0.266 e. The van der Waals surface area contributed by atoms with Crippen LogP contribution in [0.25, 0.3) is 28.1 Å². The number of hydrogen-bond donors (Lipinski definition) is 1. The number of pyridine rings is 1. The Kier molecular flexibility index (Phi) is 7.24. The smallest absolute Gasteiger partial charge is 0.266 e. The van der Waals surface area contributed by atoms with Crippen LogP contribution in [0.15, 0.2) is 79.5 Å². The van der Waals surface area contributed by atoms with Gasteiger partial charge in [0, 0.05) is 37.0 Å². The summed E-state index contributed by atoms with van der Waals surface area (Å²) in [5, 5.41) is 25.1. The highest BCUT2D eigenvalue weighted by molar-refractivity contribution is 6.31. The van der Waals surface area contributed by atoms with Crippen LogP contribution in [0.4, 0.5) is 8.78 Å². The Morgan fingerprint density at radius 3 is 2.50 bits per heavy atom. The van der Waals surface area contributed by atoms with Crippen LogP contribution in [0.2, 0.25) is 10.2 Å². The van der Waals surface area contributed by atoms with Crippen molar-refractivity contribution in [3.05, 3.63) is 118 Å². The molecule has 0 saturated heterocycles. The minimum absolute atomic E-state index is 0.0470. The lowest BCUT2D eigenvalue weighted by Gasteiger charge is -2.18. The van der Waals surface area contributed by atoms with Crippen LogP contribution in [0.3, 0.4) is 0 Å². The first-order chi connectivity index (χ1) is 20.3. The molecule has 0 spiro atoms. The Labute approximate surface area is 248 Å². The number of nitrogens with zero attached hydrogens (tertiary/aromatic N) is 8. The molecule has 1 atom stereocenters. The molecule has 4 heterocycles. The molecule has 13 heteroatoms. The Morgan fingerprint density at radius 1 is 1.00 bits per heavy atom. The predicted octanol–water partition coefficient (Wildman–Crippen LogP) is 5.63. The average Bonchev–Trinajstić information content (AvgIpc) is 3.74. The number of H-pyrrole nitrogens is 1. The Balaban J connectivity index is 1.41. The van der Waals surface area contributed by atoms with Gasteiger partial charge in [-0.1, -0.05) is 35.0 Å². The van der Waals surface area contributed by atoms with E-state index in [0.29, 0.717) is 40.2 Å². The molecule has 6 aromatic rings. The van der Waals surface area contributed by atoms with Gasteiger partial charge in [-0.2, -0.15) is 15.5 Å². The summed E-state index contributed by atoms with van der Waals surface area (Å²) in [6, 6.07) is 14.6. The zero-order valence-corrected chi connectivity index (χ0v) is 23.4. The van der Waals surface area contributed by atoms with Crippen LogP contribution >= 0.6 is 23.2 Å². The minimum atomic E-state index is -0.619. The second-order valence-electron chi connectivity index (χ2n) is 9.46. The predicted molar refractivity (Wildman–Crippen MR) is 151 cm³/mol. The highest BCUT2D eigenvalue weighted by Gasteiger charge is 2.24. The SMILES string of the molecule is Cn1ncc(C#N)c1-c1cnn([C@@H](Cc2ccc(F)cc2)c2ccc(-c3c(-[n+]4cc(Cl)n[nH]4)ccc(Cl)c3F)cn2)c1. The van der Waals surface area contributed by atoms with E-state index in [1.165, 1.54) is 35.3 Å². The molecule has 0 bridgehead atoms. The lowest BCUT2D eigenvalue weighted by atomic mass is 10.00. The van der Waals surface area contributed by atoms with E-state index >= 15 is 4.39 Å². The zero-order chi connectivity index (χ0) is 29.4. The average molecular weight is 603 g/mol. The summed E-state index contributed by atoms with van der Waals surface area (Å²) in [6.07, 6.45) is 8.48. The maximum atomic E-state index is 15.4. The summed E-state index contributed by atoms with van der Waals surface area (Å²) < 4.78 is 33.9. The van der Waals surface area contributed by atoms with E-state index in [0.717, 1.165) is 5.56 Å². The fraction of sp³-hybridized carbons (Fsp3) is 0.103. The van der Waals surface area contributed by atoms with Gasteiger partial charge in [-0.05, 0) is 47.5 Å². The first-order valence-electron chi connectivity index (χ1n) is 12.6. The molecule has 0 unspecified atom stereocenters. The molecule has 2 aromatic carbocycles. The van der Waals surface area contributed by atoms with Crippen molar-refractivity contribution in [1.29, 1.82) is 5.26 Å². The molecule has 4 aromatic heterocycles. The van der Waals surface area contributed by atoms with E-state index in [1.807, 2.05) is 6.20 Å². The van der Waals surface area contributed by atoms with Gasteiger partial charge in [0.25, 0.3) is 0 Å². The number of halogens is 4. The van der Waals surface area contributed by atoms with Gasteiger partial charge >= 0.3 is 5.15 Å². The Bertz CT molecular complexity index is 1940. The van der Waals surface area contributed by atoms with Gasteiger partial charge in [0.15, 0.2) is 17.7 Å². The molecule has 0 saturated carbocycles. The van der Waals surface area contributed by atoms with Crippen molar-refractivity contribution in [3.63, 3.8) is 0 Å². The summed E-state index contributed by atoms with van der Waals surface area (Å²) >= 11 is 12.1. The number of aromatic nitrogens is 8. The van der Waals surface area contributed by atoms with E-state index in [1.54, 1.807) is 59.1 Å². The first-order valence-corrected chi connectivity index (χ1v) is 13.4. The molecule has 42 heavy (non-hydrogen) atoms. The summed E-state index contributed by atoms with van der Waals surface area (Å²) in [5.41, 5.74) is 4.37. The van der Waals surface area contributed by atoms with Crippen molar-refractivity contribution in [2.45, 2.75) is 12.5 Å². The van der Waals surface area contributed by atoms with Crippen molar-refractivity contribution in [2.24, 2.45) is 7.05 Å². The van der Waals surface area contributed by atoms with Crippen LogP contribution in [-0.2, 0) is 13.5 Å². The zero-order valence-electron chi connectivity index (χ0n) is 21.9. The van der Waals surface area contributed by atoms with Crippen molar-refractivity contribution < 1.29 is 13.5 Å². The molecule has 0 fully saturated rings. The summed E-state index contributed by atoms with van der Waals surface area (Å²) in [4.78, 5) is 4.70. The van der Waals surface area contributed by atoms with Crippen molar-refractivity contribution >= 4 is 23.2 Å². The number of hydrogen-bond acceptors (Lipinski definition) is 5. The maximum Gasteiger partial charge on any atom is 0.308 e. The van der Waals surface area contributed by atoms with E-state index in [4.69, 9.17) is 28.2 Å². The molecule has 6 rings (SSSR count). The fourth-order valence-corrected chi connectivity index (χ4v) is 5.12. The number of aryl methyl sites for hydroxylation is 1. The van der Waals surface area contributed by atoms with E-state index in [2.05, 4.69) is 26.6 Å². The topological polar surface area (TPSA) is 105 Å². The van der Waals surface area contributed by atoms with Crippen LogP contribution < -0.4 is 4.68 Å². The second-order valence-corrected chi connectivity index (χ2v) is 10.3. The first kappa shape index (κ1) is 27.3. The molecular formula is C29H20Cl2F2N9+. The van der Waals surface area contributed by atoms with Crippen LogP contribution in [0.1, 0.15) is 22.9 Å². The van der Waals surface area contributed by atoms with Gasteiger partial charge in [0.05, 0.1) is 51.1 Å². The number of nitrogens with one attached hydrogen (secondary N) is 1. The maximum absolute atomic E-state index is 15.4. The molecule has 0 aliphatic carbocycles. The van der Waals surface area contributed by atoms with E-state index < -0.39 is 11.9 Å². The molecule has 0 aliphatic rings. The molecule has 0 aliphatic heterocycles. The summed E-state index contributed by atoms with van der Waals surface area (Å²) in [7, 11) is 1.75. The van der Waals surface area contributed by atoms with Crippen molar-refractivity contribution in [1.82, 2.24) is 34.9 Å². The molecule has 0 amide bonds. The number of nitriles is 1. The third-order valence-corrected chi connectivity index (χ3v) is 7.32. The molecular weight excluding hydrogens is 583 g/mol. The lowest BCUT2D eigenvalue weighted by Crippen LogP contribution is -2.33. The number of rotatable bonds is 7. The monoisotopic (exact) mass is 602 g/mol. The van der Waals surface area contributed by atoms with Gasteiger partial charge in [-0.25, -0.2) is 8.78 Å². The van der Waals surface area contributed by atoms with Gasteiger partial charge in [-0.15, -0.1) is 4.68 Å². The van der Waals surface area contributed by atoms with E-state index in [-0.39, 0.29) is 21.6 Å². The van der Waals surface area contributed by atoms with Gasteiger partial charge in [0.2, 0.25) is 0 Å². The Hall–Kier alpha value is -4.92. The normalized spacial score (nSPS) is 11.9. The van der Waals surface area contributed by atoms with Crippen molar-refractivity contribution in [2.75, 3.05) is 0 Å². The summed E-state index contributed by atoms with van der Waals surface area (Å²) in [6.45, 7) is 0. The highest BCUT2D eigenvalue weighted by atomic mass is 35.5. The molecule has 1 N–H and O–H groups in total. The second kappa shape index (κ2) is 11.2. The van der Waals surface area contributed by atoms with Crippen molar-refractivity contribution in [3.8, 4) is 34.1 Å². The number of benzene rings is 2. The van der Waals surface area contributed by atoms with Gasteiger partial charge < -0.3 is 0 Å². The lowest BCUT2D eigenvalue weighted by molar-refractivity contribution is -0.659.